The van der Waals surface area contributed by atoms with Crippen LogP contribution in [0.4, 0.5) is 0 Å². The number of amides is 1. The number of hydrogen-bond acceptors (Lipinski definition) is 5. The minimum Gasteiger partial charge on any atom is -0.494 e. The lowest BCUT2D eigenvalue weighted by atomic mass is 10.2. The third-order valence-corrected chi connectivity index (χ3v) is 2.09. The van der Waals surface area contributed by atoms with E-state index in [1.165, 1.54) is 13.4 Å². The number of hydrogen-bond donors (Lipinski definition) is 2. The molecule has 96 valence electrons. The van der Waals surface area contributed by atoms with Crippen LogP contribution >= 0.6 is 0 Å². The molecule has 0 saturated carbocycles. The summed E-state index contributed by atoms with van der Waals surface area (Å²) < 4.78 is 14.7. The lowest BCUT2D eigenvalue weighted by molar-refractivity contribution is -0.142. The number of carbonyl (C=O) groups excluding carboxylic acids is 1. The van der Waals surface area contributed by atoms with Crippen LogP contribution < -0.4 is 5.32 Å². The molecule has 0 aliphatic carbocycles. The van der Waals surface area contributed by atoms with Gasteiger partial charge in [0.2, 0.25) is 5.76 Å². The number of nitrogens with one attached hydrogen (secondary N) is 1. The molecule has 7 heteroatoms. The smallest absolute Gasteiger partial charge is 0.326 e. The molecule has 0 radical (unpaired) electrons. The quantitative estimate of drug-likeness (QED) is 0.654. The van der Waals surface area contributed by atoms with Gasteiger partial charge in [0, 0.05) is 20.1 Å². The van der Waals surface area contributed by atoms with Crippen molar-refractivity contribution < 1.29 is 28.9 Å². The summed E-state index contributed by atoms with van der Waals surface area (Å²) in [6.07, 6.45) is 1.36. The van der Waals surface area contributed by atoms with Gasteiger partial charge in [0.15, 0.2) is 0 Å². The van der Waals surface area contributed by atoms with E-state index in [4.69, 9.17) is 19.3 Å². The molecule has 0 fully saturated rings. The molecule has 0 aromatic rings. The van der Waals surface area contributed by atoms with Gasteiger partial charge >= 0.3 is 5.97 Å². The average Bonchev–Trinajstić information content (AvgIpc) is 2.35. The Balaban J connectivity index is 2.51. The third kappa shape index (κ3) is 4.31. The van der Waals surface area contributed by atoms with Gasteiger partial charge in [-0.3, -0.25) is 4.79 Å². The predicted molar refractivity (Wildman–Crippen MR) is 56.0 cm³/mol. The second-order valence-electron chi connectivity index (χ2n) is 3.35. The van der Waals surface area contributed by atoms with Gasteiger partial charge < -0.3 is 24.6 Å². The van der Waals surface area contributed by atoms with Crippen molar-refractivity contribution in [1.82, 2.24) is 5.32 Å². The maximum Gasteiger partial charge on any atom is 0.326 e. The Morgan fingerprint density at radius 1 is 1.59 bits per heavy atom. The Morgan fingerprint density at radius 3 is 2.88 bits per heavy atom. The van der Waals surface area contributed by atoms with Gasteiger partial charge in [0.05, 0.1) is 0 Å². The molecular weight excluding hydrogens is 230 g/mol. The number of ether oxygens (including phenoxy) is 3. The van der Waals surface area contributed by atoms with Gasteiger partial charge in [-0.25, -0.2) is 4.79 Å². The minimum atomic E-state index is -1.12. The Morgan fingerprint density at radius 2 is 2.35 bits per heavy atom. The average molecular weight is 245 g/mol. The molecule has 0 bridgehead atoms. The van der Waals surface area contributed by atoms with Crippen LogP contribution in [0.15, 0.2) is 12.0 Å². The zero-order chi connectivity index (χ0) is 12.7. The molecule has 17 heavy (non-hydrogen) atoms. The molecule has 1 heterocycles. The first kappa shape index (κ1) is 13.3. The normalized spacial score (nSPS) is 16.2. The number of methoxy groups -OCH3 is 1. The van der Waals surface area contributed by atoms with Gasteiger partial charge in [-0.1, -0.05) is 0 Å². The van der Waals surface area contributed by atoms with Crippen molar-refractivity contribution >= 4 is 11.9 Å². The molecule has 1 amide bonds. The van der Waals surface area contributed by atoms with E-state index in [2.05, 4.69) is 5.32 Å². The lowest BCUT2D eigenvalue weighted by Crippen LogP contribution is -2.42. The van der Waals surface area contributed by atoms with Crippen molar-refractivity contribution in [3.8, 4) is 0 Å². The van der Waals surface area contributed by atoms with E-state index in [1.54, 1.807) is 0 Å². The molecule has 0 spiro atoms. The summed E-state index contributed by atoms with van der Waals surface area (Å²) in [5.74, 6) is -1.74. The fourth-order valence-corrected chi connectivity index (χ4v) is 1.21. The topological polar surface area (TPSA) is 94.1 Å². The van der Waals surface area contributed by atoms with Crippen LogP contribution in [-0.2, 0) is 23.8 Å². The van der Waals surface area contributed by atoms with Crippen molar-refractivity contribution in [3.63, 3.8) is 0 Å². The summed E-state index contributed by atoms with van der Waals surface area (Å²) in [5.41, 5.74) is 0. The highest BCUT2D eigenvalue weighted by Crippen LogP contribution is 2.05. The second-order valence-corrected chi connectivity index (χ2v) is 3.35. The van der Waals surface area contributed by atoms with Crippen molar-refractivity contribution in [2.24, 2.45) is 0 Å². The van der Waals surface area contributed by atoms with Crippen molar-refractivity contribution in [3.05, 3.63) is 12.0 Å². The number of rotatable bonds is 6. The van der Waals surface area contributed by atoms with Crippen LogP contribution in [0.25, 0.3) is 0 Å². The van der Waals surface area contributed by atoms with E-state index in [0.29, 0.717) is 6.61 Å². The van der Waals surface area contributed by atoms with Crippen molar-refractivity contribution in [2.75, 3.05) is 26.9 Å². The summed E-state index contributed by atoms with van der Waals surface area (Å²) in [5, 5.41) is 11.2. The highest BCUT2D eigenvalue weighted by molar-refractivity contribution is 5.94. The van der Waals surface area contributed by atoms with E-state index in [0.717, 1.165) is 0 Å². The molecule has 1 atom stereocenters. The third-order valence-electron chi connectivity index (χ3n) is 2.09. The summed E-state index contributed by atoms with van der Waals surface area (Å²) in [7, 11) is 1.46. The molecule has 1 aliphatic heterocycles. The number of carbonyl (C=O) groups is 2. The largest absolute Gasteiger partial charge is 0.494 e. The Hall–Kier alpha value is -1.76. The van der Waals surface area contributed by atoms with Crippen LogP contribution in [0, 0.1) is 0 Å². The minimum absolute atomic E-state index is 0.0140. The molecule has 1 rings (SSSR count). The van der Waals surface area contributed by atoms with E-state index < -0.39 is 17.9 Å². The Bertz CT molecular complexity index is 314. The fourth-order valence-electron chi connectivity index (χ4n) is 1.21. The monoisotopic (exact) mass is 245 g/mol. The number of aliphatic carboxylic acids is 1. The van der Waals surface area contributed by atoms with Gasteiger partial charge in [0.25, 0.3) is 5.91 Å². The summed E-state index contributed by atoms with van der Waals surface area (Å²) >= 11 is 0. The highest BCUT2D eigenvalue weighted by Gasteiger charge is 2.23. The van der Waals surface area contributed by atoms with E-state index in [-0.39, 0.29) is 25.4 Å². The van der Waals surface area contributed by atoms with Crippen LogP contribution in [-0.4, -0.2) is 50.0 Å². The lowest BCUT2D eigenvalue weighted by Gasteiger charge is -2.18. The summed E-state index contributed by atoms with van der Waals surface area (Å²) in [6, 6.07) is -1.01. The first-order valence-corrected chi connectivity index (χ1v) is 5.12. The number of carboxylic acid groups (broad SMARTS) is 1. The van der Waals surface area contributed by atoms with Crippen molar-refractivity contribution in [2.45, 2.75) is 12.5 Å². The molecule has 0 aromatic heterocycles. The summed E-state index contributed by atoms with van der Waals surface area (Å²) in [4.78, 5) is 22.4. The predicted octanol–water partition coefficient (Wildman–Crippen LogP) is -0.519. The second kappa shape index (κ2) is 6.74. The molecule has 1 aliphatic rings. The first-order valence-electron chi connectivity index (χ1n) is 5.12. The highest BCUT2D eigenvalue weighted by atomic mass is 16.6. The molecule has 0 saturated heterocycles. The van der Waals surface area contributed by atoms with E-state index in [1.807, 2.05) is 0 Å². The van der Waals surface area contributed by atoms with Crippen LogP contribution in [0.3, 0.4) is 0 Å². The molecular formula is C10H15NO6. The van der Waals surface area contributed by atoms with E-state index >= 15 is 0 Å². The first-order chi connectivity index (χ1) is 8.15. The van der Waals surface area contributed by atoms with Crippen LogP contribution in [0.1, 0.15) is 6.42 Å². The number of carboxylic acids is 1. The molecule has 7 nitrogen and oxygen atoms in total. The Kier molecular flexibility index (Phi) is 5.28. The summed E-state index contributed by atoms with van der Waals surface area (Å²) in [6.45, 7) is 0.894. The van der Waals surface area contributed by atoms with Crippen molar-refractivity contribution in [1.29, 1.82) is 0 Å². The van der Waals surface area contributed by atoms with Gasteiger partial charge in [-0.05, 0) is 0 Å². The van der Waals surface area contributed by atoms with Crippen LogP contribution in [0.5, 0.6) is 0 Å². The standard InChI is InChI=1S/C10H15NO6/c1-15-3-2-7(10(13)14)11-9(12)8-6-16-4-5-17-8/h6-7H,2-5H2,1H3,(H,11,12)(H,13,14). The zero-order valence-corrected chi connectivity index (χ0v) is 9.47. The Labute approximate surface area is 98.3 Å². The maximum absolute atomic E-state index is 11.6. The molecule has 2 N–H and O–H groups in total. The van der Waals surface area contributed by atoms with Gasteiger partial charge in [0.1, 0.15) is 25.5 Å². The van der Waals surface area contributed by atoms with Gasteiger partial charge in [-0.15, -0.1) is 0 Å². The van der Waals surface area contributed by atoms with Gasteiger partial charge in [-0.2, -0.15) is 0 Å². The van der Waals surface area contributed by atoms with E-state index in [9.17, 15) is 9.59 Å². The SMILES string of the molecule is COCCC(NC(=O)C1=COCCO1)C(=O)O. The molecule has 0 aromatic carbocycles. The maximum atomic E-state index is 11.6. The fraction of sp³-hybridized carbons (Fsp3) is 0.600. The van der Waals surface area contributed by atoms with Crippen LogP contribution in [0.2, 0.25) is 0 Å². The molecule has 1 unspecified atom stereocenters. The zero-order valence-electron chi connectivity index (χ0n) is 9.47.